The Morgan fingerprint density at radius 2 is 1.64 bits per heavy atom. The van der Waals surface area contributed by atoms with E-state index in [1.807, 2.05) is 0 Å². The van der Waals surface area contributed by atoms with Crippen molar-refractivity contribution >= 4 is 0 Å². The van der Waals surface area contributed by atoms with E-state index in [0.717, 1.165) is 25.6 Å². The van der Waals surface area contributed by atoms with E-state index in [9.17, 15) is 0 Å². The van der Waals surface area contributed by atoms with Gasteiger partial charge in [0.2, 0.25) is 0 Å². The molecule has 2 aliphatic heterocycles. The van der Waals surface area contributed by atoms with Crippen LogP contribution >= 0.6 is 0 Å². The van der Waals surface area contributed by atoms with Crippen LogP contribution in [0.1, 0.15) is 19.3 Å². The van der Waals surface area contributed by atoms with Crippen LogP contribution in [0.25, 0.3) is 0 Å². The van der Waals surface area contributed by atoms with Crippen molar-refractivity contribution in [1.82, 2.24) is 0 Å². The van der Waals surface area contributed by atoms with Crippen LogP contribution < -0.4 is 0 Å². The summed E-state index contributed by atoms with van der Waals surface area (Å²) in [6.45, 7) is 5.89. The van der Waals surface area contributed by atoms with E-state index in [4.69, 9.17) is 9.47 Å². The van der Waals surface area contributed by atoms with Crippen LogP contribution in [0.3, 0.4) is 0 Å². The van der Waals surface area contributed by atoms with Gasteiger partial charge in [-0.25, -0.2) is 0 Å². The fourth-order valence-electron chi connectivity index (χ4n) is 1.48. The van der Waals surface area contributed by atoms with Crippen LogP contribution in [-0.4, -0.2) is 25.4 Å². The second kappa shape index (κ2) is 3.11. The van der Waals surface area contributed by atoms with Crippen molar-refractivity contribution in [1.29, 1.82) is 0 Å². The van der Waals surface area contributed by atoms with Crippen molar-refractivity contribution in [2.45, 2.75) is 31.5 Å². The lowest BCUT2D eigenvalue weighted by molar-refractivity contribution is 0.308. The van der Waals surface area contributed by atoms with Gasteiger partial charge in [-0.05, 0) is 18.8 Å². The van der Waals surface area contributed by atoms with Crippen molar-refractivity contribution in [2.75, 3.05) is 13.2 Å². The number of hydrogen-bond donors (Lipinski definition) is 0. The lowest BCUT2D eigenvalue weighted by Crippen LogP contribution is -2.06. The molecule has 0 aromatic carbocycles. The SMILES string of the molecule is [CH2]CC(CC1CO1)CC1CO1. The smallest absolute Gasteiger partial charge is 0.0812 e. The summed E-state index contributed by atoms with van der Waals surface area (Å²) in [5.74, 6) is 0.731. The molecule has 2 atom stereocenters. The molecule has 2 rings (SSSR count). The van der Waals surface area contributed by atoms with Crippen molar-refractivity contribution in [3.8, 4) is 0 Å². The Bertz CT molecular complexity index is 114. The summed E-state index contributed by atoms with van der Waals surface area (Å²) in [5, 5.41) is 0. The van der Waals surface area contributed by atoms with Gasteiger partial charge in [-0.2, -0.15) is 0 Å². The highest BCUT2D eigenvalue weighted by Crippen LogP contribution is 2.28. The zero-order valence-corrected chi connectivity index (χ0v) is 6.79. The summed E-state index contributed by atoms with van der Waals surface area (Å²) in [6.07, 6.45) is 4.54. The highest BCUT2D eigenvalue weighted by atomic mass is 16.6. The van der Waals surface area contributed by atoms with Crippen LogP contribution in [0.4, 0.5) is 0 Å². The zero-order valence-electron chi connectivity index (χ0n) is 6.79. The molecule has 1 radical (unpaired) electrons. The Morgan fingerprint density at radius 3 is 1.91 bits per heavy atom. The Labute approximate surface area is 67.9 Å². The predicted molar refractivity (Wildman–Crippen MR) is 42.2 cm³/mol. The third-order valence-electron chi connectivity index (χ3n) is 2.41. The van der Waals surface area contributed by atoms with E-state index < -0.39 is 0 Å². The minimum atomic E-state index is 0.556. The Balaban J connectivity index is 1.65. The second-order valence-corrected chi connectivity index (χ2v) is 3.54. The molecule has 0 bridgehead atoms. The molecule has 0 aliphatic carbocycles. The number of ether oxygens (including phenoxy) is 2. The van der Waals surface area contributed by atoms with Gasteiger partial charge in [0.15, 0.2) is 0 Å². The third-order valence-corrected chi connectivity index (χ3v) is 2.41. The molecule has 0 N–H and O–H groups in total. The van der Waals surface area contributed by atoms with Crippen molar-refractivity contribution in [3.05, 3.63) is 6.92 Å². The van der Waals surface area contributed by atoms with Gasteiger partial charge in [0.25, 0.3) is 0 Å². The quantitative estimate of drug-likeness (QED) is 0.561. The first kappa shape index (κ1) is 7.56. The highest BCUT2D eigenvalue weighted by molar-refractivity contribution is 4.80. The average molecular weight is 155 g/mol. The fraction of sp³-hybridized carbons (Fsp3) is 0.889. The molecule has 2 fully saturated rings. The van der Waals surface area contributed by atoms with E-state index >= 15 is 0 Å². The van der Waals surface area contributed by atoms with Gasteiger partial charge in [0, 0.05) is 0 Å². The standard InChI is InChI=1S/C9H15O2/c1-2-7(3-8-5-10-8)4-9-6-11-9/h7-9H,1-6H2. The second-order valence-electron chi connectivity index (χ2n) is 3.54. The van der Waals surface area contributed by atoms with E-state index in [1.54, 1.807) is 0 Å². The van der Waals surface area contributed by atoms with Crippen LogP contribution in [-0.2, 0) is 9.47 Å². The zero-order chi connectivity index (χ0) is 7.68. The van der Waals surface area contributed by atoms with Crippen LogP contribution in [0.2, 0.25) is 0 Å². The maximum atomic E-state index is 5.17. The lowest BCUT2D eigenvalue weighted by atomic mass is 9.95. The number of epoxide rings is 2. The van der Waals surface area contributed by atoms with Gasteiger partial charge in [0.1, 0.15) is 0 Å². The van der Waals surface area contributed by atoms with Gasteiger partial charge in [0.05, 0.1) is 25.4 Å². The minimum Gasteiger partial charge on any atom is -0.373 e. The van der Waals surface area contributed by atoms with E-state index in [0.29, 0.717) is 12.2 Å². The largest absolute Gasteiger partial charge is 0.373 e. The Hall–Kier alpha value is -0.0800. The highest BCUT2D eigenvalue weighted by Gasteiger charge is 2.30. The molecule has 0 amide bonds. The van der Waals surface area contributed by atoms with Crippen molar-refractivity contribution in [3.63, 3.8) is 0 Å². The molecule has 0 aromatic rings. The first-order valence-electron chi connectivity index (χ1n) is 4.41. The molecule has 0 spiro atoms. The summed E-state index contributed by atoms with van der Waals surface area (Å²) in [7, 11) is 0. The maximum absolute atomic E-state index is 5.17. The molecule has 2 heterocycles. The Morgan fingerprint density at radius 1 is 1.18 bits per heavy atom. The van der Waals surface area contributed by atoms with Crippen LogP contribution in [0, 0.1) is 12.8 Å². The summed E-state index contributed by atoms with van der Waals surface area (Å²) in [4.78, 5) is 0. The van der Waals surface area contributed by atoms with Gasteiger partial charge >= 0.3 is 0 Å². The van der Waals surface area contributed by atoms with Gasteiger partial charge < -0.3 is 9.47 Å². The first-order valence-corrected chi connectivity index (χ1v) is 4.41. The average Bonchev–Trinajstić information content (AvgIpc) is 2.78. The first-order chi connectivity index (χ1) is 5.38. The van der Waals surface area contributed by atoms with Gasteiger partial charge in [-0.3, -0.25) is 0 Å². The molecule has 2 nitrogen and oxygen atoms in total. The van der Waals surface area contributed by atoms with E-state index in [1.165, 1.54) is 12.8 Å². The summed E-state index contributed by atoms with van der Waals surface area (Å²) in [6, 6.07) is 0. The third kappa shape index (κ3) is 2.46. The summed E-state index contributed by atoms with van der Waals surface area (Å²) >= 11 is 0. The minimum absolute atomic E-state index is 0.556. The molecule has 2 aliphatic rings. The predicted octanol–water partition coefficient (Wildman–Crippen LogP) is 1.40. The van der Waals surface area contributed by atoms with E-state index in [2.05, 4.69) is 6.92 Å². The molecule has 11 heavy (non-hydrogen) atoms. The molecular formula is C9H15O2. The van der Waals surface area contributed by atoms with Crippen molar-refractivity contribution in [2.24, 2.45) is 5.92 Å². The molecule has 63 valence electrons. The monoisotopic (exact) mass is 155 g/mol. The number of rotatable bonds is 5. The van der Waals surface area contributed by atoms with Crippen LogP contribution in [0.15, 0.2) is 0 Å². The summed E-state index contributed by atoms with van der Waals surface area (Å²) in [5.41, 5.74) is 0. The topological polar surface area (TPSA) is 25.1 Å². The molecular weight excluding hydrogens is 140 g/mol. The van der Waals surface area contributed by atoms with E-state index in [-0.39, 0.29) is 0 Å². The summed E-state index contributed by atoms with van der Waals surface area (Å²) < 4.78 is 10.3. The Kier molecular flexibility index (Phi) is 2.14. The van der Waals surface area contributed by atoms with Crippen LogP contribution in [0.5, 0.6) is 0 Å². The molecule has 0 saturated carbocycles. The molecule has 0 aromatic heterocycles. The fourth-order valence-corrected chi connectivity index (χ4v) is 1.48. The molecule has 2 saturated heterocycles. The van der Waals surface area contributed by atoms with Gasteiger partial charge in [-0.15, -0.1) is 0 Å². The number of hydrogen-bond acceptors (Lipinski definition) is 2. The van der Waals surface area contributed by atoms with Gasteiger partial charge in [-0.1, -0.05) is 13.3 Å². The maximum Gasteiger partial charge on any atom is 0.0812 e. The van der Waals surface area contributed by atoms with Crippen molar-refractivity contribution < 1.29 is 9.47 Å². The molecule has 2 unspecified atom stereocenters. The lowest BCUT2D eigenvalue weighted by Gasteiger charge is -2.10. The normalized spacial score (nSPS) is 36.8. The molecule has 2 heteroatoms.